The first-order valence-corrected chi connectivity index (χ1v) is 9.88. The van der Waals surface area contributed by atoms with Gasteiger partial charge in [-0.3, -0.25) is 9.59 Å². The summed E-state index contributed by atoms with van der Waals surface area (Å²) in [5.41, 5.74) is 0.372. The fourth-order valence-corrected chi connectivity index (χ4v) is 3.89. The predicted octanol–water partition coefficient (Wildman–Crippen LogP) is 1.07. The summed E-state index contributed by atoms with van der Waals surface area (Å²) >= 11 is 0. The molecule has 7 nitrogen and oxygen atoms in total. The number of nitrogens with one attached hydrogen (secondary N) is 1. The molecule has 2 rings (SSSR count). The summed E-state index contributed by atoms with van der Waals surface area (Å²) in [5, 5.41) is 2.71. The van der Waals surface area contributed by atoms with Gasteiger partial charge in [-0.2, -0.15) is 0 Å². The Morgan fingerprint density at radius 1 is 1.32 bits per heavy atom. The first-order valence-electron chi connectivity index (χ1n) is 8.44. The molecule has 25 heavy (non-hydrogen) atoms. The van der Waals surface area contributed by atoms with Gasteiger partial charge in [-0.1, -0.05) is 13.3 Å². The lowest BCUT2D eigenvalue weighted by Crippen LogP contribution is -2.55. The van der Waals surface area contributed by atoms with Gasteiger partial charge in [-0.15, -0.1) is 0 Å². The standard InChI is InChI=1S/C17H25N3O4S/c1-4-5-11-19(3)25(23,24)15-8-6-14(7-9-15)17(22)20-12-10-18-16(21)13(20)2/h6-9,13H,4-5,10-12H2,1-3H3,(H,18,21). The third-order valence-electron chi connectivity index (χ3n) is 4.40. The smallest absolute Gasteiger partial charge is 0.254 e. The molecule has 1 saturated heterocycles. The van der Waals surface area contributed by atoms with E-state index in [1.807, 2.05) is 6.92 Å². The summed E-state index contributed by atoms with van der Waals surface area (Å²) in [7, 11) is -2.00. The third kappa shape index (κ3) is 4.19. The number of sulfonamides is 1. The van der Waals surface area contributed by atoms with E-state index in [1.165, 1.54) is 33.5 Å². The zero-order chi connectivity index (χ0) is 18.6. The Bertz CT molecular complexity index is 731. The number of piperazine rings is 1. The minimum absolute atomic E-state index is 0.159. The molecule has 1 N–H and O–H groups in total. The molecule has 138 valence electrons. The lowest BCUT2D eigenvalue weighted by molar-refractivity contribution is -0.127. The van der Waals surface area contributed by atoms with Crippen LogP contribution < -0.4 is 5.32 Å². The van der Waals surface area contributed by atoms with Gasteiger partial charge in [0.25, 0.3) is 5.91 Å². The van der Waals surface area contributed by atoms with Crippen molar-refractivity contribution >= 4 is 21.8 Å². The Labute approximate surface area is 149 Å². The molecule has 0 aromatic heterocycles. The normalized spacial score (nSPS) is 18.3. The topological polar surface area (TPSA) is 86.8 Å². The largest absolute Gasteiger partial charge is 0.353 e. The summed E-state index contributed by atoms with van der Waals surface area (Å²) in [6.07, 6.45) is 1.70. The summed E-state index contributed by atoms with van der Waals surface area (Å²) in [6.45, 7) is 4.99. The van der Waals surface area contributed by atoms with Crippen LogP contribution in [0.15, 0.2) is 29.2 Å². The lowest BCUT2D eigenvalue weighted by Gasteiger charge is -2.32. The van der Waals surface area contributed by atoms with Crippen molar-refractivity contribution in [2.75, 3.05) is 26.7 Å². The zero-order valence-electron chi connectivity index (χ0n) is 14.9. The Morgan fingerprint density at radius 3 is 2.56 bits per heavy atom. The summed E-state index contributed by atoms with van der Waals surface area (Å²) in [6, 6.07) is 5.36. The maximum atomic E-state index is 12.6. The molecule has 1 aliphatic rings. The number of carbonyl (C=O) groups excluding carboxylic acids is 2. The Balaban J connectivity index is 2.16. The lowest BCUT2D eigenvalue weighted by atomic mass is 10.1. The quantitative estimate of drug-likeness (QED) is 0.815. The number of hydrogen-bond acceptors (Lipinski definition) is 4. The third-order valence-corrected chi connectivity index (χ3v) is 6.27. The van der Waals surface area contributed by atoms with Crippen LogP contribution in [-0.4, -0.2) is 62.2 Å². The highest BCUT2D eigenvalue weighted by Gasteiger charge is 2.30. The highest BCUT2D eigenvalue weighted by molar-refractivity contribution is 7.89. The number of hydrogen-bond donors (Lipinski definition) is 1. The van der Waals surface area contributed by atoms with Gasteiger partial charge in [0.05, 0.1) is 4.90 Å². The number of unbranched alkanes of at least 4 members (excludes halogenated alkanes) is 1. The molecular weight excluding hydrogens is 342 g/mol. The fourth-order valence-electron chi connectivity index (χ4n) is 2.68. The van der Waals surface area contributed by atoms with E-state index in [9.17, 15) is 18.0 Å². The molecule has 1 aliphatic heterocycles. The summed E-state index contributed by atoms with van der Waals surface area (Å²) in [4.78, 5) is 25.9. The maximum Gasteiger partial charge on any atom is 0.254 e. The van der Waals surface area contributed by atoms with Crippen molar-refractivity contribution in [3.05, 3.63) is 29.8 Å². The molecule has 1 aromatic rings. The molecule has 8 heteroatoms. The van der Waals surface area contributed by atoms with E-state index in [2.05, 4.69) is 5.32 Å². The minimum atomic E-state index is -3.55. The average molecular weight is 367 g/mol. The van der Waals surface area contributed by atoms with E-state index < -0.39 is 16.1 Å². The Hall–Kier alpha value is -1.93. The monoisotopic (exact) mass is 367 g/mol. The van der Waals surface area contributed by atoms with Crippen molar-refractivity contribution in [3.63, 3.8) is 0 Å². The van der Waals surface area contributed by atoms with Crippen LogP contribution in [-0.2, 0) is 14.8 Å². The average Bonchev–Trinajstić information content (AvgIpc) is 2.61. The number of nitrogens with zero attached hydrogens (tertiary/aromatic N) is 2. The second-order valence-corrected chi connectivity index (χ2v) is 8.21. The van der Waals surface area contributed by atoms with Gasteiger partial charge < -0.3 is 10.2 Å². The first kappa shape index (κ1) is 19.4. The Morgan fingerprint density at radius 2 is 1.96 bits per heavy atom. The first-order chi connectivity index (χ1) is 11.8. The molecular formula is C17H25N3O4S. The molecule has 0 bridgehead atoms. The fraction of sp³-hybridized carbons (Fsp3) is 0.529. The van der Waals surface area contributed by atoms with E-state index >= 15 is 0 Å². The van der Waals surface area contributed by atoms with Crippen LogP contribution in [0.3, 0.4) is 0 Å². The number of amides is 2. The molecule has 1 aromatic carbocycles. The van der Waals surface area contributed by atoms with Gasteiger partial charge in [0.15, 0.2) is 0 Å². The van der Waals surface area contributed by atoms with Crippen molar-refractivity contribution in [2.24, 2.45) is 0 Å². The molecule has 1 fully saturated rings. The van der Waals surface area contributed by atoms with Crippen molar-refractivity contribution < 1.29 is 18.0 Å². The van der Waals surface area contributed by atoms with Crippen LogP contribution in [0.2, 0.25) is 0 Å². The molecule has 1 heterocycles. The zero-order valence-corrected chi connectivity index (χ0v) is 15.7. The summed E-state index contributed by atoms with van der Waals surface area (Å²) < 4.78 is 26.3. The van der Waals surface area contributed by atoms with E-state index in [0.717, 1.165) is 12.8 Å². The number of benzene rings is 1. The number of rotatable bonds is 6. The van der Waals surface area contributed by atoms with Crippen LogP contribution >= 0.6 is 0 Å². The maximum absolute atomic E-state index is 12.6. The van der Waals surface area contributed by atoms with E-state index in [0.29, 0.717) is 25.2 Å². The van der Waals surface area contributed by atoms with Gasteiger partial charge in [0.1, 0.15) is 6.04 Å². The van der Waals surface area contributed by atoms with Crippen molar-refractivity contribution in [2.45, 2.75) is 37.6 Å². The van der Waals surface area contributed by atoms with E-state index in [1.54, 1.807) is 14.0 Å². The molecule has 0 saturated carbocycles. The molecule has 0 aliphatic carbocycles. The second kappa shape index (κ2) is 7.97. The van der Waals surface area contributed by atoms with Crippen LogP contribution in [0.25, 0.3) is 0 Å². The molecule has 0 spiro atoms. The molecule has 1 unspecified atom stereocenters. The van der Waals surface area contributed by atoms with E-state index in [-0.39, 0.29) is 16.7 Å². The molecule has 1 atom stereocenters. The van der Waals surface area contributed by atoms with Crippen molar-refractivity contribution in [1.29, 1.82) is 0 Å². The van der Waals surface area contributed by atoms with Crippen molar-refractivity contribution in [1.82, 2.24) is 14.5 Å². The predicted molar refractivity (Wildman–Crippen MR) is 94.7 cm³/mol. The SMILES string of the molecule is CCCCN(C)S(=O)(=O)c1ccc(C(=O)N2CCNC(=O)C2C)cc1. The second-order valence-electron chi connectivity index (χ2n) is 6.17. The van der Waals surface area contributed by atoms with Gasteiger partial charge in [-0.25, -0.2) is 12.7 Å². The van der Waals surface area contributed by atoms with Crippen LogP contribution in [0.5, 0.6) is 0 Å². The summed E-state index contributed by atoms with van der Waals surface area (Å²) in [5.74, 6) is -0.456. The Kier molecular flexibility index (Phi) is 6.18. The van der Waals surface area contributed by atoms with Gasteiger partial charge in [0.2, 0.25) is 15.9 Å². The van der Waals surface area contributed by atoms with Crippen LogP contribution in [0.4, 0.5) is 0 Å². The highest BCUT2D eigenvalue weighted by atomic mass is 32.2. The molecule has 2 amide bonds. The van der Waals surface area contributed by atoms with Crippen molar-refractivity contribution in [3.8, 4) is 0 Å². The highest BCUT2D eigenvalue weighted by Crippen LogP contribution is 2.18. The van der Waals surface area contributed by atoms with Gasteiger partial charge in [0, 0.05) is 32.2 Å². The van der Waals surface area contributed by atoms with Crippen LogP contribution in [0, 0.1) is 0 Å². The van der Waals surface area contributed by atoms with Gasteiger partial charge >= 0.3 is 0 Å². The van der Waals surface area contributed by atoms with Crippen LogP contribution in [0.1, 0.15) is 37.0 Å². The van der Waals surface area contributed by atoms with E-state index in [4.69, 9.17) is 0 Å². The minimum Gasteiger partial charge on any atom is -0.353 e. The number of carbonyl (C=O) groups is 2. The molecule has 0 radical (unpaired) electrons. The van der Waals surface area contributed by atoms with Gasteiger partial charge in [-0.05, 0) is 37.6 Å².